The van der Waals surface area contributed by atoms with Crippen molar-refractivity contribution in [1.82, 2.24) is 4.98 Å². The van der Waals surface area contributed by atoms with Gasteiger partial charge in [-0.05, 0) is 42.5 Å². The largest absolute Gasteiger partial charge is 0.451 e. The lowest BCUT2D eigenvalue weighted by Crippen LogP contribution is -2.05. The Bertz CT molecular complexity index is 1590. The van der Waals surface area contributed by atoms with E-state index in [9.17, 15) is 14.0 Å². The van der Waals surface area contributed by atoms with Crippen molar-refractivity contribution in [2.75, 3.05) is 0 Å². The van der Waals surface area contributed by atoms with Crippen LogP contribution in [0.4, 0.5) is 4.39 Å². The van der Waals surface area contributed by atoms with E-state index in [1.54, 1.807) is 48.7 Å². The predicted octanol–water partition coefficient (Wildman–Crippen LogP) is 6.70. The summed E-state index contributed by atoms with van der Waals surface area (Å²) in [4.78, 5) is 29.9. The van der Waals surface area contributed by atoms with E-state index in [2.05, 4.69) is 11.6 Å². The first-order chi connectivity index (χ1) is 16.5. The quantitative estimate of drug-likeness (QED) is 0.120. The first-order valence-electron chi connectivity index (χ1n) is 10.3. The molecule has 2 aromatic heterocycles. The minimum absolute atomic E-state index is 0.169. The Kier molecular flexibility index (Phi) is 5.61. The Hall–Kier alpha value is -4.36. The van der Waals surface area contributed by atoms with Crippen molar-refractivity contribution < 1.29 is 23.5 Å². The number of thiophene rings is 1. The Morgan fingerprint density at radius 2 is 1.79 bits per heavy atom. The van der Waals surface area contributed by atoms with Gasteiger partial charge in [-0.2, -0.15) is 0 Å². The molecule has 5 aromatic rings. The molecule has 0 spiro atoms. The number of hydrogen-bond donors (Lipinski definition) is 0. The van der Waals surface area contributed by atoms with Crippen molar-refractivity contribution in [3.8, 4) is 17.2 Å². The zero-order valence-electron chi connectivity index (χ0n) is 17.7. The lowest BCUT2D eigenvalue weighted by Gasteiger charge is -2.11. The van der Waals surface area contributed by atoms with Crippen LogP contribution in [0.25, 0.3) is 21.0 Å². The summed E-state index contributed by atoms with van der Waals surface area (Å²) in [6.07, 6.45) is 2.71. The molecule has 34 heavy (non-hydrogen) atoms. The molecule has 7 heteroatoms. The molecule has 0 atom stereocenters. The number of nitrogens with zero attached hydrogens (tertiary/aromatic N) is 1. The summed E-state index contributed by atoms with van der Waals surface area (Å²) < 4.78 is 25.9. The zero-order chi connectivity index (χ0) is 23.7. The van der Waals surface area contributed by atoms with Crippen LogP contribution in [0.1, 0.15) is 15.2 Å². The van der Waals surface area contributed by atoms with Gasteiger partial charge >= 0.3 is 5.97 Å². The normalized spacial score (nSPS) is 10.9. The molecule has 0 aliphatic rings. The van der Waals surface area contributed by atoms with Gasteiger partial charge in [0.2, 0.25) is 5.78 Å². The van der Waals surface area contributed by atoms with Gasteiger partial charge in [-0.25, -0.2) is 9.18 Å². The number of aromatic nitrogens is 1. The van der Waals surface area contributed by atoms with E-state index in [-0.39, 0.29) is 23.0 Å². The number of pyridine rings is 1. The van der Waals surface area contributed by atoms with Crippen LogP contribution in [0, 0.1) is 5.82 Å². The van der Waals surface area contributed by atoms with Gasteiger partial charge in [0.15, 0.2) is 17.2 Å². The summed E-state index contributed by atoms with van der Waals surface area (Å²) in [5.74, 6) is -0.696. The maximum absolute atomic E-state index is 14.0. The van der Waals surface area contributed by atoms with Gasteiger partial charge in [-0.1, -0.05) is 36.9 Å². The van der Waals surface area contributed by atoms with Gasteiger partial charge in [0.1, 0.15) is 10.7 Å². The third kappa shape index (κ3) is 4.04. The number of hydrogen-bond acceptors (Lipinski definition) is 6. The van der Waals surface area contributed by atoms with E-state index in [0.29, 0.717) is 26.0 Å². The van der Waals surface area contributed by atoms with Gasteiger partial charge in [0, 0.05) is 33.3 Å². The fourth-order valence-corrected chi connectivity index (χ4v) is 4.63. The van der Waals surface area contributed by atoms with Crippen molar-refractivity contribution in [2.45, 2.75) is 0 Å². The number of carbonyl (C=O) groups excluding carboxylic acids is 2. The molecular formula is C27H16FNO4S. The minimum Gasteiger partial charge on any atom is -0.451 e. The van der Waals surface area contributed by atoms with E-state index in [0.717, 1.165) is 22.8 Å². The maximum atomic E-state index is 14.0. The summed E-state index contributed by atoms with van der Waals surface area (Å²) >= 11 is 1.13. The molecule has 0 aliphatic carbocycles. The second kappa shape index (κ2) is 8.88. The predicted molar refractivity (Wildman–Crippen MR) is 129 cm³/mol. The number of halogens is 1. The van der Waals surface area contributed by atoms with E-state index in [1.165, 1.54) is 12.1 Å². The summed E-state index contributed by atoms with van der Waals surface area (Å²) in [5.41, 5.74) is 1.11. The van der Waals surface area contributed by atoms with Crippen LogP contribution in [0.5, 0.6) is 17.2 Å². The monoisotopic (exact) mass is 469 g/mol. The highest BCUT2D eigenvalue weighted by Crippen LogP contribution is 2.43. The van der Waals surface area contributed by atoms with Crippen LogP contribution in [0.2, 0.25) is 0 Å². The van der Waals surface area contributed by atoms with Crippen LogP contribution in [-0.4, -0.2) is 16.7 Å². The Balaban J connectivity index is 1.63. The molecule has 0 aliphatic heterocycles. The molecule has 0 radical (unpaired) electrons. The number of ketones is 1. The van der Waals surface area contributed by atoms with E-state index >= 15 is 0 Å². The number of para-hydroxylation sites is 2. The average molecular weight is 469 g/mol. The number of ether oxygens (including phenoxy) is 2. The van der Waals surface area contributed by atoms with Gasteiger partial charge in [-0.15, -0.1) is 11.3 Å². The first-order valence-corrected chi connectivity index (χ1v) is 11.1. The Morgan fingerprint density at radius 1 is 0.971 bits per heavy atom. The van der Waals surface area contributed by atoms with Gasteiger partial charge in [0.05, 0.1) is 5.52 Å². The molecule has 166 valence electrons. The van der Waals surface area contributed by atoms with Crippen molar-refractivity contribution in [1.29, 1.82) is 0 Å². The zero-order valence-corrected chi connectivity index (χ0v) is 18.5. The Labute approximate surface area is 197 Å². The van der Waals surface area contributed by atoms with Crippen molar-refractivity contribution in [3.05, 3.63) is 108 Å². The minimum atomic E-state index is -0.645. The van der Waals surface area contributed by atoms with Gasteiger partial charge in [-0.3, -0.25) is 9.78 Å². The highest BCUT2D eigenvalue weighted by molar-refractivity contribution is 7.21. The molecule has 5 nitrogen and oxygen atoms in total. The van der Waals surface area contributed by atoms with Crippen LogP contribution in [0.15, 0.2) is 91.6 Å². The molecule has 0 amide bonds. The third-order valence-electron chi connectivity index (χ3n) is 5.12. The fourth-order valence-electron chi connectivity index (χ4n) is 3.52. The van der Waals surface area contributed by atoms with Crippen molar-refractivity contribution >= 4 is 44.1 Å². The van der Waals surface area contributed by atoms with E-state index < -0.39 is 11.8 Å². The lowest BCUT2D eigenvalue weighted by molar-refractivity contribution is -0.129. The summed E-state index contributed by atoms with van der Waals surface area (Å²) in [6, 6.07) is 19.8. The molecule has 0 N–H and O–H groups in total. The highest BCUT2D eigenvalue weighted by Gasteiger charge is 2.24. The summed E-state index contributed by atoms with van der Waals surface area (Å²) in [7, 11) is 0. The molecule has 0 unspecified atom stereocenters. The average Bonchev–Trinajstić information content (AvgIpc) is 3.21. The van der Waals surface area contributed by atoms with Crippen molar-refractivity contribution in [2.24, 2.45) is 0 Å². The topological polar surface area (TPSA) is 65.5 Å². The standard InChI is InChI=1S/C27H16FNO4S/c1-2-24(30)32-21-7-3-4-8-22(21)33-26-19-12-11-18(28)15-23(19)34-27(26)25(31)17-10-9-16-6-5-13-29-20(16)14-17/h2-15H,1H2. The Morgan fingerprint density at radius 3 is 2.62 bits per heavy atom. The SMILES string of the molecule is C=CC(=O)Oc1ccccc1Oc1c(C(=O)c2ccc3cccnc3c2)sc2cc(F)ccc12. The van der Waals surface area contributed by atoms with Crippen LogP contribution >= 0.6 is 11.3 Å². The smallest absolute Gasteiger partial charge is 0.335 e. The number of rotatable bonds is 6. The number of benzene rings is 3. The molecule has 5 rings (SSSR count). The molecule has 0 saturated heterocycles. The molecule has 0 fully saturated rings. The van der Waals surface area contributed by atoms with Gasteiger partial charge in [0.25, 0.3) is 0 Å². The third-order valence-corrected chi connectivity index (χ3v) is 6.25. The van der Waals surface area contributed by atoms with Gasteiger partial charge < -0.3 is 9.47 Å². The number of fused-ring (bicyclic) bond motifs is 2. The van der Waals surface area contributed by atoms with E-state index in [4.69, 9.17) is 9.47 Å². The lowest BCUT2D eigenvalue weighted by atomic mass is 10.1. The highest BCUT2D eigenvalue weighted by atomic mass is 32.1. The van der Waals surface area contributed by atoms with Crippen molar-refractivity contribution in [3.63, 3.8) is 0 Å². The van der Waals surface area contributed by atoms with Crippen LogP contribution in [0.3, 0.4) is 0 Å². The van der Waals surface area contributed by atoms with E-state index in [1.807, 2.05) is 18.2 Å². The second-order valence-corrected chi connectivity index (χ2v) is 8.37. The second-order valence-electron chi connectivity index (χ2n) is 7.31. The van der Waals surface area contributed by atoms with Crippen LogP contribution in [-0.2, 0) is 4.79 Å². The first kappa shape index (κ1) is 21.5. The molecular weight excluding hydrogens is 453 g/mol. The fraction of sp³-hybridized carbons (Fsp3) is 0. The molecule has 0 bridgehead atoms. The van der Waals surface area contributed by atoms with Crippen LogP contribution < -0.4 is 9.47 Å². The molecule has 3 aromatic carbocycles. The maximum Gasteiger partial charge on any atom is 0.335 e. The molecule has 2 heterocycles. The summed E-state index contributed by atoms with van der Waals surface area (Å²) in [6.45, 7) is 3.40. The summed E-state index contributed by atoms with van der Waals surface area (Å²) in [5, 5.41) is 1.48. The number of esters is 1. The molecule has 0 saturated carbocycles. The number of carbonyl (C=O) groups is 2.